The van der Waals surface area contributed by atoms with Crippen LogP contribution in [0.2, 0.25) is 0 Å². The Morgan fingerprint density at radius 3 is 2.72 bits per heavy atom. The van der Waals surface area contributed by atoms with Gasteiger partial charge in [-0.25, -0.2) is 4.79 Å². The highest BCUT2D eigenvalue weighted by Gasteiger charge is 2.44. The maximum absolute atomic E-state index is 12.0. The summed E-state index contributed by atoms with van der Waals surface area (Å²) in [7, 11) is 0. The summed E-state index contributed by atoms with van der Waals surface area (Å²) < 4.78 is 6.09. The molecule has 25 heavy (non-hydrogen) atoms. The fourth-order valence-electron chi connectivity index (χ4n) is 3.91. The van der Waals surface area contributed by atoms with Gasteiger partial charge in [0.15, 0.2) is 0 Å². The number of nitrogens with zero attached hydrogens (tertiary/aromatic N) is 1. The Morgan fingerprint density at radius 1 is 1.20 bits per heavy atom. The maximum Gasteiger partial charge on any atom is 0.348 e. The monoisotopic (exact) mass is 357 g/mol. The number of benzene rings is 1. The van der Waals surface area contributed by atoms with Gasteiger partial charge in [-0.1, -0.05) is 6.07 Å². The Kier molecular flexibility index (Phi) is 4.52. The number of piperidine rings is 1. The minimum Gasteiger partial charge on any atom is -0.478 e. The molecule has 1 aromatic carbocycles. The molecule has 0 spiro atoms. The molecular weight excluding hydrogens is 334 g/mol. The number of aryl methyl sites for hydroxylation is 2. The van der Waals surface area contributed by atoms with Crippen molar-refractivity contribution in [2.75, 3.05) is 13.1 Å². The molecule has 0 saturated carbocycles. The van der Waals surface area contributed by atoms with E-state index in [1.165, 1.54) is 23.1 Å². The molecule has 1 aromatic heterocycles. The van der Waals surface area contributed by atoms with E-state index in [9.17, 15) is 9.90 Å². The zero-order valence-corrected chi connectivity index (χ0v) is 15.1. The molecule has 2 heterocycles. The molecule has 0 unspecified atom stereocenters. The van der Waals surface area contributed by atoms with Crippen LogP contribution in [0.15, 0.2) is 35.0 Å². The average molecular weight is 357 g/mol. The molecule has 2 aromatic rings. The SMILES string of the molecule is O=C(O)C1(Oc2ccc3c(c2)CCC3)CCN(Cc2ccsc2)CC1. The number of aliphatic carboxylic acids is 1. The minimum atomic E-state index is -1.10. The Hall–Kier alpha value is -1.85. The van der Waals surface area contributed by atoms with E-state index in [0.717, 1.165) is 32.5 Å². The van der Waals surface area contributed by atoms with Gasteiger partial charge in [0.05, 0.1) is 0 Å². The predicted molar refractivity (Wildman–Crippen MR) is 98.3 cm³/mol. The van der Waals surface area contributed by atoms with Gasteiger partial charge in [-0.2, -0.15) is 11.3 Å². The van der Waals surface area contributed by atoms with Crippen molar-refractivity contribution >= 4 is 17.3 Å². The number of carboxylic acids is 1. The zero-order chi connectivity index (χ0) is 17.3. The molecule has 0 atom stereocenters. The lowest BCUT2D eigenvalue weighted by Crippen LogP contribution is -2.53. The summed E-state index contributed by atoms with van der Waals surface area (Å²) in [5, 5.41) is 14.1. The van der Waals surface area contributed by atoms with Crippen molar-refractivity contribution in [2.45, 2.75) is 44.2 Å². The van der Waals surface area contributed by atoms with Crippen molar-refractivity contribution in [1.29, 1.82) is 0 Å². The lowest BCUT2D eigenvalue weighted by molar-refractivity contribution is -0.159. The van der Waals surface area contributed by atoms with E-state index in [0.29, 0.717) is 18.6 Å². The molecule has 1 saturated heterocycles. The zero-order valence-electron chi connectivity index (χ0n) is 14.2. The summed E-state index contributed by atoms with van der Waals surface area (Å²) in [5.41, 5.74) is 2.89. The lowest BCUT2D eigenvalue weighted by atomic mass is 9.90. The first-order chi connectivity index (χ1) is 12.1. The molecule has 5 heteroatoms. The third-order valence-corrected chi connectivity index (χ3v) is 6.16. The number of carboxylic acid groups (broad SMARTS) is 1. The average Bonchev–Trinajstić information content (AvgIpc) is 3.27. The van der Waals surface area contributed by atoms with E-state index in [1.54, 1.807) is 11.3 Å². The standard InChI is InChI=1S/C20H23NO3S/c22-19(23)20(24-18-5-4-16-2-1-3-17(16)12-18)7-9-21(10-8-20)13-15-6-11-25-14-15/h4-6,11-12,14H,1-3,7-10,13H2,(H,22,23). The molecule has 1 fully saturated rings. The largest absolute Gasteiger partial charge is 0.478 e. The van der Waals surface area contributed by atoms with Crippen LogP contribution < -0.4 is 4.74 Å². The Balaban J connectivity index is 1.45. The van der Waals surface area contributed by atoms with Crippen molar-refractivity contribution in [1.82, 2.24) is 4.90 Å². The van der Waals surface area contributed by atoms with Crippen LogP contribution in [-0.2, 0) is 24.2 Å². The molecule has 1 aliphatic carbocycles. The van der Waals surface area contributed by atoms with E-state index in [4.69, 9.17) is 4.74 Å². The van der Waals surface area contributed by atoms with Crippen LogP contribution in [-0.4, -0.2) is 34.7 Å². The summed E-state index contributed by atoms with van der Waals surface area (Å²) >= 11 is 1.70. The van der Waals surface area contributed by atoms with E-state index >= 15 is 0 Å². The third-order valence-electron chi connectivity index (χ3n) is 5.42. The Bertz CT molecular complexity index is 748. The van der Waals surface area contributed by atoms with E-state index in [2.05, 4.69) is 27.8 Å². The van der Waals surface area contributed by atoms with Gasteiger partial charge in [-0.05, 0) is 64.9 Å². The molecular formula is C20H23NO3S. The summed E-state index contributed by atoms with van der Waals surface area (Å²) in [6.07, 6.45) is 4.41. The van der Waals surface area contributed by atoms with Gasteiger partial charge in [0.1, 0.15) is 5.75 Å². The van der Waals surface area contributed by atoms with Crippen LogP contribution in [0.5, 0.6) is 5.75 Å². The Morgan fingerprint density at radius 2 is 2.00 bits per heavy atom. The molecule has 1 N–H and O–H groups in total. The molecule has 0 radical (unpaired) electrons. The molecule has 2 aliphatic rings. The van der Waals surface area contributed by atoms with Crippen LogP contribution in [0.4, 0.5) is 0 Å². The number of likely N-dealkylation sites (tertiary alicyclic amines) is 1. The molecule has 4 nitrogen and oxygen atoms in total. The molecule has 4 rings (SSSR count). The summed E-state index contributed by atoms with van der Waals surface area (Å²) in [6.45, 7) is 2.37. The third kappa shape index (κ3) is 3.44. The molecule has 1 aliphatic heterocycles. The van der Waals surface area contributed by atoms with Gasteiger partial charge in [0, 0.05) is 32.5 Å². The summed E-state index contributed by atoms with van der Waals surface area (Å²) in [6, 6.07) is 8.21. The number of hydrogen-bond donors (Lipinski definition) is 1. The van der Waals surface area contributed by atoms with Gasteiger partial charge in [-0.3, -0.25) is 4.90 Å². The van der Waals surface area contributed by atoms with E-state index < -0.39 is 11.6 Å². The molecule has 132 valence electrons. The van der Waals surface area contributed by atoms with Gasteiger partial charge >= 0.3 is 5.97 Å². The Labute approximate surface area is 152 Å². The van der Waals surface area contributed by atoms with E-state index in [1.807, 2.05) is 12.1 Å². The predicted octanol–water partition coefficient (Wildman–Crippen LogP) is 3.74. The second-order valence-electron chi connectivity index (χ2n) is 7.09. The highest BCUT2D eigenvalue weighted by Crippen LogP contribution is 2.33. The summed E-state index contributed by atoms with van der Waals surface area (Å²) in [5.74, 6) is -0.141. The first-order valence-corrected chi connectivity index (χ1v) is 9.87. The molecule has 0 bridgehead atoms. The fourth-order valence-corrected chi connectivity index (χ4v) is 4.57. The topological polar surface area (TPSA) is 49.8 Å². The number of fused-ring (bicyclic) bond motifs is 1. The van der Waals surface area contributed by atoms with Crippen LogP contribution in [0.25, 0.3) is 0 Å². The highest BCUT2D eigenvalue weighted by atomic mass is 32.1. The quantitative estimate of drug-likeness (QED) is 0.886. The van der Waals surface area contributed by atoms with Crippen LogP contribution in [0.3, 0.4) is 0 Å². The number of ether oxygens (including phenoxy) is 1. The highest BCUT2D eigenvalue weighted by molar-refractivity contribution is 7.07. The second kappa shape index (κ2) is 6.81. The molecule has 0 amide bonds. The fraction of sp³-hybridized carbons (Fsp3) is 0.450. The van der Waals surface area contributed by atoms with Crippen molar-refractivity contribution in [3.8, 4) is 5.75 Å². The van der Waals surface area contributed by atoms with Crippen molar-refractivity contribution in [3.05, 3.63) is 51.7 Å². The number of rotatable bonds is 5. The number of carbonyl (C=O) groups is 1. The summed E-state index contributed by atoms with van der Waals surface area (Å²) in [4.78, 5) is 14.3. The van der Waals surface area contributed by atoms with Crippen molar-refractivity contribution in [2.24, 2.45) is 0 Å². The lowest BCUT2D eigenvalue weighted by Gasteiger charge is -2.38. The van der Waals surface area contributed by atoms with E-state index in [-0.39, 0.29) is 0 Å². The minimum absolute atomic E-state index is 0.517. The smallest absolute Gasteiger partial charge is 0.348 e. The van der Waals surface area contributed by atoms with Gasteiger partial charge < -0.3 is 9.84 Å². The van der Waals surface area contributed by atoms with Crippen LogP contribution >= 0.6 is 11.3 Å². The first-order valence-electron chi connectivity index (χ1n) is 8.92. The number of hydrogen-bond acceptors (Lipinski definition) is 4. The first kappa shape index (κ1) is 16.6. The van der Waals surface area contributed by atoms with Gasteiger partial charge in [0.25, 0.3) is 0 Å². The van der Waals surface area contributed by atoms with Crippen molar-refractivity contribution < 1.29 is 14.6 Å². The maximum atomic E-state index is 12.0. The van der Waals surface area contributed by atoms with Crippen molar-refractivity contribution in [3.63, 3.8) is 0 Å². The van der Waals surface area contributed by atoms with Gasteiger partial charge in [-0.15, -0.1) is 0 Å². The van der Waals surface area contributed by atoms with Gasteiger partial charge in [0.2, 0.25) is 5.60 Å². The van der Waals surface area contributed by atoms with Crippen LogP contribution in [0.1, 0.15) is 36.0 Å². The van der Waals surface area contributed by atoms with Crippen LogP contribution in [0, 0.1) is 0 Å². The number of thiophene rings is 1. The second-order valence-corrected chi connectivity index (χ2v) is 7.87. The normalized spacial score (nSPS) is 19.5.